The van der Waals surface area contributed by atoms with Gasteiger partial charge >= 0.3 is 0 Å². The van der Waals surface area contributed by atoms with Gasteiger partial charge in [-0.25, -0.2) is 9.97 Å². The van der Waals surface area contributed by atoms with E-state index in [0.29, 0.717) is 11.4 Å². The van der Waals surface area contributed by atoms with Gasteiger partial charge in [-0.15, -0.1) is 0 Å². The Hall–Kier alpha value is -7.87. The lowest BCUT2D eigenvalue weighted by atomic mass is 9.67. The molecule has 59 heavy (non-hydrogen) atoms. The molecule has 0 bridgehead atoms. The van der Waals surface area contributed by atoms with Crippen molar-refractivity contribution < 1.29 is 0 Å². The number of allylic oxidation sites excluding steroid dienone is 5. The zero-order valence-corrected chi connectivity index (χ0v) is 32.5. The third-order valence-corrected chi connectivity index (χ3v) is 11.6. The minimum atomic E-state index is -0.589. The minimum Gasteiger partial charge on any atom is -0.309 e. The molecule has 0 saturated carbocycles. The van der Waals surface area contributed by atoms with Crippen LogP contribution in [-0.4, -0.2) is 14.5 Å². The van der Waals surface area contributed by atoms with Crippen LogP contribution in [0.2, 0.25) is 0 Å². The number of hydrogen-bond donors (Lipinski definition) is 0. The second-order valence-corrected chi connectivity index (χ2v) is 14.9. The smallest absolute Gasteiger partial charge is 0.160 e. The van der Waals surface area contributed by atoms with E-state index in [9.17, 15) is 5.26 Å². The molecule has 4 nitrogen and oxygen atoms in total. The zero-order chi connectivity index (χ0) is 39.9. The van der Waals surface area contributed by atoms with Gasteiger partial charge in [0.2, 0.25) is 0 Å². The van der Waals surface area contributed by atoms with E-state index in [-0.39, 0.29) is 0 Å². The van der Waals surface area contributed by atoms with Crippen molar-refractivity contribution in [3.63, 3.8) is 0 Å². The van der Waals surface area contributed by atoms with Crippen molar-refractivity contribution in [1.29, 1.82) is 5.26 Å². The van der Waals surface area contributed by atoms with Gasteiger partial charge in [0.05, 0.1) is 39.5 Å². The maximum Gasteiger partial charge on any atom is 0.160 e. The highest BCUT2D eigenvalue weighted by Crippen LogP contribution is 2.57. The summed E-state index contributed by atoms with van der Waals surface area (Å²) < 4.78 is 2.37. The summed E-state index contributed by atoms with van der Waals surface area (Å²) in [6, 6.07) is 63.6. The largest absolute Gasteiger partial charge is 0.309 e. The third kappa shape index (κ3) is 5.83. The van der Waals surface area contributed by atoms with E-state index in [4.69, 9.17) is 16.5 Å². The van der Waals surface area contributed by atoms with E-state index < -0.39 is 5.41 Å². The Balaban J connectivity index is 1.20. The van der Waals surface area contributed by atoms with Crippen LogP contribution in [0.15, 0.2) is 212 Å². The normalized spacial score (nSPS) is 14.5. The first kappa shape index (κ1) is 35.5. The monoisotopic (exact) mass is 754 g/mol. The summed E-state index contributed by atoms with van der Waals surface area (Å²) in [6.45, 7) is 6.83. The highest BCUT2D eigenvalue weighted by atomic mass is 15.0. The summed E-state index contributed by atoms with van der Waals surface area (Å²) in [7, 11) is 0. The Morgan fingerprint density at radius 1 is 0.593 bits per heavy atom. The Morgan fingerprint density at radius 3 is 2.10 bits per heavy atom. The van der Waals surface area contributed by atoms with E-state index in [2.05, 4.69) is 156 Å². The molecule has 0 amide bonds. The van der Waals surface area contributed by atoms with Gasteiger partial charge in [-0.3, -0.25) is 0 Å². The van der Waals surface area contributed by atoms with Crippen molar-refractivity contribution in [3.8, 4) is 56.8 Å². The number of fused-ring (bicyclic) bond motifs is 6. The minimum absolute atomic E-state index is 0.585. The Kier molecular flexibility index (Phi) is 8.78. The van der Waals surface area contributed by atoms with Crippen LogP contribution < -0.4 is 0 Å². The molecule has 10 rings (SSSR count). The predicted octanol–water partition coefficient (Wildman–Crippen LogP) is 13.4. The molecule has 1 unspecified atom stereocenters. The molecule has 0 spiro atoms. The molecular formula is C55H38N4. The SMILES string of the molecule is C=C(/C=C\C=C/C)C1(c2ccccc2)c2ccccc2-c2cc3c(cc21)c1ccccc1n3-c1cccc(-c2nc(-c3ccccc3)cc(-c3cccc(C#N)c3)n2)c1. The van der Waals surface area contributed by atoms with E-state index in [1.807, 2.05) is 61.5 Å². The highest BCUT2D eigenvalue weighted by molar-refractivity contribution is 6.12. The lowest BCUT2D eigenvalue weighted by Gasteiger charge is -2.34. The van der Waals surface area contributed by atoms with E-state index in [1.165, 1.54) is 38.6 Å². The molecule has 0 aliphatic heterocycles. The fourth-order valence-electron chi connectivity index (χ4n) is 8.97. The number of aromatic nitrogens is 3. The van der Waals surface area contributed by atoms with Gasteiger partial charge in [-0.05, 0) is 88.8 Å². The van der Waals surface area contributed by atoms with E-state index in [0.717, 1.165) is 50.4 Å². The number of hydrogen-bond acceptors (Lipinski definition) is 3. The van der Waals surface area contributed by atoms with Gasteiger partial charge in [0.15, 0.2) is 5.82 Å². The maximum atomic E-state index is 9.69. The van der Waals surface area contributed by atoms with Crippen LogP contribution in [-0.2, 0) is 5.41 Å². The van der Waals surface area contributed by atoms with Gasteiger partial charge in [0.1, 0.15) is 0 Å². The number of rotatable bonds is 8. The molecule has 0 saturated heterocycles. The summed E-state index contributed by atoms with van der Waals surface area (Å²) in [4.78, 5) is 10.3. The Bertz CT molecular complexity index is 3200. The van der Waals surface area contributed by atoms with Crippen molar-refractivity contribution >= 4 is 21.8 Å². The summed E-state index contributed by atoms with van der Waals surface area (Å²) in [6.07, 6.45) is 8.37. The van der Waals surface area contributed by atoms with Gasteiger partial charge < -0.3 is 4.57 Å². The topological polar surface area (TPSA) is 54.5 Å². The van der Waals surface area contributed by atoms with Crippen LogP contribution in [0.25, 0.3) is 72.5 Å². The van der Waals surface area contributed by atoms with Crippen LogP contribution in [0, 0.1) is 11.3 Å². The van der Waals surface area contributed by atoms with Crippen molar-refractivity contribution in [1.82, 2.24) is 14.5 Å². The van der Waals surface area contributed by atoms with Crippen LogP contribution in [0.4, 0.5) is 0 Å². The van der Waals surface area contributed by atoms with Crippen LogP contribution in [0.1, 0.15) is 29.2 Å². The molecular weight excluding hydrogens is 717 g/mol. The highest BCUT2D eigenvalue weighted by Gasteiger charge is 2.46. The Labute approximate surface area is 344 Å². The van der Waals surface area contributed by atoms with Gasteiger partial charge in [0, 0.05) is 33.2 Å². The number of nitriles is 1. The van der Waals surface area contributed by atoms with E-state index in [1.54, 1.807) is 0 Å². The summed E-state index contributed by atoms with van der Waals surface area (Å²) in [5.41, 5.74) is 14.6. The average molecular weight is 755 g/mol. The molecule has 2 aromatic heterocycles. The molecule has 1 aliphatic rings. The fraction of sp³-hybridized carbons (Fsp3) is 0.0364. The lowest BCUT2D eigenvalue weighted by molar-refractivity contribution is 0.771. The molecule has 1 atom stereocenters. The molecule has 0 fully saturated rings. The van der Waals surface area contributed by atoms with Crippen molar-refractivity contribution in [2.24, 2.45) is 0 Å². The second kappa shape index (κ2) is 14.6. The lowest BCUT2D eigenvalue weighted by Crippen LogP contribution is -2.28. The fourth-order valence-corrected chi connectivity index (χ4v) is 8.97. The molecule has 278 valence electrons. The van der Waals surface area contributed by atoms with Crippen LogP contribution in [0.5, 0.6) is 0 Å². The summed E-state index contributed by atoms with van der Waals surface area (Å²) >= 11 is 0. The molecule has 0 radical (unpaired) electrons. The maximum absolute atomic E-state index is 9.69. The standard InChI is InChI=1S/C55H38N4/c1-3-4-7-18-37(2)55(42-24-10-6-11-25-42)48-29-14-12-27-44(48)46-34-53-47(33-49(46)55)45-28-13-15-30-52(45)59(53)43-26-17-23-41(32-43)54-57-50(39-20-8-5-9-21-39)35-51(58-54)40-22-16-19-38(31-40)36-56/h3-35H,2H2,1H3/b4-3-,18-7-. The predicted molar refractivity (Wildman–Crippen MR) is 242 cm³/mol. The van der Waals surface area contributed by atoms with Crippen molar-refractivity contribution in [2.75, 3.05) is 0 Å². The number of benzene rings is 7. The Morgan fingerprint density at radius 2 is 1.29 bits per heavy atom. The molecule has 0 N–H and O–H groups in total. The number of nitrogens with zero attached hydrogens (tertiary/aromatic N) is 4. The van der Waals surface area contributed by atoms with Crippen molar-refractivity contribution in [2.45, 2.75) is 12.3 Å². The first-order valence-corrected chi connectivity index (χ1v) is 19.9. The molecule has 1 aliphatic carbocycles. The van der Waals surface area contributed by atoms with Crippen molar-refractivity contribution in [3.05, 3.63) is 235 Å². The zero-order valence-electron chi connectivity index (χ0n) is 32.5. The molecule has 7 aromatic carbocycles. The second-order valence-electron chi connectivity index (χ2n) is 14.9. The molecule has 4 heteroatoms. The van der Waals surface area contributed by atoms with E-state index >= 15 is 0 Å². The van der Waals surface area contributed by atoms with Gasteiger partial charge in [0.25, 0.3) is 0 Å². The third-order valence-electron chi connectivity index (χ3n) is 11.6. The average Bonchev–Trinajstić information content (AvgIpc) is 3.78. The van der Waals surface area contributed by atoms with Crippen LogP contribution >= 0.6 is 0 Å². The van der Waals surface area contributed by atoms with Gasteiger partial charge in [-0.2, -0.15) is 5.26 Å². The van der Waals surface area contributed by atoms with Gasteiger partial charge in [-0.1, -0.05) is 158 Å². The van der Waals surface area contributed by atoms with Crippen LogP contribution in [0.3, 0.4) is 0 Å². The first-order chi connectivity index (χ1) is 29.1. The number of para-hydroxylation sites is 1. The molecule has 9 aromatic rings. The summed E-state index contributed by atoms with van der Waals surface area (Å²) in [5, 5.41) is 12.0. The summed E-state index contributed by atoms with van der Waals surface area (Å²) in [5.74, 6) is 0.610. The molecule has 2 heterocycles. The quantitative estimate of drug-likeness (QED) is 0.145. The first-order valence-electron chi connectivity index (χ1n) is 19.9.